The smallest absolute Gasteiger partial charge is 0.224 e. The number of hydrogen-bond acceptors (Lipinski definition) is 7. The Morgan fingerprint density at radius 3 is 2.63 bits per heavy atom. The molecule has 0 unspecified atom stereocenters. The third-order valence-corrected chi connectivity index (χ3v) is 6.01. The number of H-pyrrole nitrogens is 2. The summed E-state index contributed by atoms with van der Waals surface area (Å²) in [7, 11) is 0. The number of hydrogen-bond donors (Lipinski definition) is 3. The Morgan fingerprint density at radius 2 is 1.82 bits per heavy atom. The van der Waals surface area contributed by atoms with Crippen LogP contribution in [0.2, 0.25) is 0 Å². The van der Waals surface area contributed by atoms with Crippen LogP contribution in [-0.4, -0.2) is 46.0 Å². The summed E-state index contributed by atoms with van der Waals surface area (Å²) in [6.07, 6.45) is 9.03. The lowest BCUT2D eigenvalue weighted by atomic mass is 9.92. The quantitative estimate of drug-likeness (QED) is 0.286. The summed E-state index contributed by atoms with van der Waals surface area (Å²) >= 11 is 0. The normalized spacial score (nSPS) is 11.8. The van der Waals surface area contributed by atoms with Crippen molar-refractivity contribution in [3.05, 3.63) is 67.4 Å². The van der Waals surface area contributed by atoms with E-state index in [0.29, 0.717) is 40.4 Å². The van der Waals surface area contributed by atoms with Crippen LogP contribution in [0.4, 0.5) is 5.69 Å². The van der Waals surface area contributed by atoms with Crippen molar-refractivity contribution in [3.8, 4) is 33.9 Å². The second-order valence-electron chi connectivity index (χ2n) is 10.3. The summed E-state index contributed by atoms with van der Waals surface area (Å²) in [5.41, 5.74) is 6.50. The molecule has 188 valence electrons. The number of pyridine rings is 4. The maximum atomic E-state index is 12.4. The summed E-state index contributed by atoms with van der Waals surface area (Å²) in [4.78, 5) is 38.4. The number of nitrogens with zero attached hydrogens (tertiary/aromatic N) is 6. The minimum atomic E-state index is -0.105. The summed E-state index contributed by atoms with van der Waals surface area (Å²) in [6.45, 7) is 6.09. The van der Waals surface area contributed by atoms with Gasteiger partial charge in [-0.25, -0.2) is 15.0 Å². The molecule has 0 saturated heterocycles. The van der Waals surface area contributed by atoms with Crippen molar-refractivity contribution in [3.63, 3.8) is 0 Å². The molecule has 0 spiro atoms. The van der Waals surface area contributed by atoms with Gasteiger partial charge in [0, 0.05) is 47.9 Å². The molecule has 0 aliphatic rings. The van der Waals surface area contributed by atoms with Crippen LogP contribution >= 0.6 is 0 Å². The first-order valence-electron chi connectivity index (χ1n) is 12.2. The van der Waals surface area contributed by atoms with Gasteiger partial charge in [-0.05, 0) is 35.7 Å². The van der Waals surface area contributed by atoms with E-state index in [-0.39, 0.29) is 11.3 Å². The number of rotatable bonds is 5. The molecule has 6 aromatic heterocycles. The molecule has 0 aliphatic heterocycles. The first-order valence-corrected chi connectivity index (χ1v) is 12.2. The van der Waals surface area contributed by atoms with Gasteiger partial charge in [0.2, 0.25) is 5.91 Å². The first-order chi connectivity index (χ1) is 18.3. The molecule has 0 aliphatic carbocycles. The number of aromatic amines is 2. The van der Waals surface area contributed by atoms with E-state index in [1.165, 1.54) is 0 Å². The lowest BCUT2D eigenvalue weighted by Gasteiger charge is -2.17. The topological polar surface area (TPSA) is 138 Å². The Bertz CT molecular complexity index is 1780. The van der Waals surface area contributed by atoms with E-state index in [1.807, 2.05) is 57.2 Å². The Labute approximate surface area is 218 Å². The molecule has 10 nitrogen and oxygen atoms in total. The Kier molecular flexibility index (Phi) is 5.64. The monoisotopic (exact) mass is 503 g/mol. The number of imidazole rings is 1. The highest BCUT2D eigenvalue weighted by molar-refractivity contribution is 5.96. The fourth-order valence-corrected chi connectivity index (χ4v) is 4.35. The molecule has 3 N–H and O–H groups in total. The molecule has 0 atom stereocenters. The van der Waals surface area contributed by atoms with Gasteiger partial charge >= 0.3 is 0 Å². The maximum Gasteiger partial charge on any atom is 0.224 e. The van der Waals surface area contributed by atoms with Crippen LogP contribution < -0.4 is 5.32 Å². The Morgan fingerprint density at radius 1 is 0.947 bits per heavy atom. The molecule has 1 amide bonds. The lowest BCUT2D eigenvalue weighted by molar-refractivity contribution is -0.117. The van der Waals surface area contributed by atoms with Crippen molar-refractivity contribution in [2.24, 2.45) is 5.41 Å². The van der Waals surface area contributed by atoms with Gasteiger partial charge in [0.15, 0.2) is 17.1 Å². The van der Waals surface area contributed by atoms with E-state index >= 15 is 0 Å². The highest BCUT2D eigenvalue weighted by Crippen LogP contribution is 2.31. The van der Waals surface area contributed by atoms with Crippen LogP contribution in [0.3, 0.4) is 0 Å². The molecule has 6 heterocycles. The fourth-order valence-electron chi connectivity index (χ4n) is 4.35. The molecular formula is C28H25N9O. The molecule has 0 saturated carbocycles. The van der Waals surface area contributed by atoms with Crippen molar-refractivity contribution < 1.29 is 4.79 Å². The zero-order valence-corrected chi connectivity index (χ0v) is 21.1. The Hall–Kier alpha value is -4.99. The van der Waals surface area contributed by atoms with Gasteiger partial charge in [0.25, 0.3) is 0 Å². The van der Waals surface area contributed by atoms with E-state index < -0.39 is 0 Å². The average molecular weight is 504 g/mol. The highest BCUT2D eigenvalue weighted by Gasteiger charge is 2.18. The second kappa shape index (κ2) is 9.15. The molecule has 6 rings (SSSR count). The SMILES string of the molecule is CC(C)(C)CC(=O)Nc1cncc(-c2cnc3[nH]nc(-c4nc5c(-c6ccccn6)ccnc5[nH]4)c3c2)c1. The van der Waals surface area contributed by atoms with Gasteiger partial charge in [-0.3, -0.25) is 19.9 Å². The summed E-state index contributed by atoms with van der Waals surface area (Å²) < 4.78 is 0. The summed E-state index contributed by atoms with van der Waals surface area (Å²) in [6, 6.07) is 11.5. The van der Waals surface area contributed by atoms with Crippen LogP contribution in [0, 0.1) is 5.41 Å². The largest absolute Gasteiger partial charge is 0.325 e. The van der Waals surface area contributed by atoms with Crippen LogP contribution in [0.1, 0.15) is 27.2 Å². The number of fused-ring (bicyclic) bond motifs is 2. The first kappa shape index (κ1) is 23.4. The molecule has 38 heavy (non-hydrogen) atoms. The number of carbonyl (C=O) groups is 1. The number of nitrogens with one attached hydrogen (secondary N) is 3. The minimum Gasteiger partial charge on any atom is -0.325 e. The molecular weight excluding hydrogens is 478 g/mol. The van der Waals surface area contributed by atoms with Gasteiger partial charge in [0.05, 0.1) is 23.0 Å². The predicted octanol–water partition coefficient (Wildman–Crippen LogP) is 5.39. The number of amides is 1. The standard InChI is InChI=1S/C28H25N9O/c1-28(2,3)12-22(38)33-18-10-16(13-29-15-18)17-11-20-24(36-37-25(20)32-14-17)27-34-23-19(7-9-31-26(23)35-27)21-6-4-5-8-30-21/h4-11,13-15H,12H2,1-3H3,(H,33,38)(H,31,34,35)(H,32,36,37). The van der Waals surface area contributed by atoms with E-state index in [0.717, 1.165) is 27.8 Å². The van der Waals surface area contributed by atoms with Crippen LogP contribution in [0.15, 0.2) is 67.4 Å². The fraction of sp³-hybridized carbons (Fsp3) is 0.179. The highest BCUT2D eigenvalue weighted by atomic mass is 16.1. The molecule has 0 aromatic carbocycles. The van der Waals surface area contributed by atoms with Gasteiger partial charge in [-0.15, -0.1) is 0 Å². The zero-order valence-electron chi connectivity index (χ0n) is 21.1. The van der Waals surface area contributed by atoms with E-state index in [2.05, 4.69) is 40.4 Å². The van der Waals surface area contributed by atoms with Crippen molar-refractivity contribution in [2.45, 2.75) is 27.2 Å². The molecule has 0 bridgehead atoms. The number of aromatic nitrogens is 8. The van der Waals surface area contributed by atoms with Crippen LogP contribution in [-0.2, 0) is 4.79 Å². The van der Waals surface area contributed by atoms with Gasteiger partial charge in [-0.1, -0.05) is 26.8 Å². The number of anilines is 1. The molecule has 6 aromatic rings. The third kappa shape index (κ3) is 4.59. The summed E-state index contributed by atoms with van der Waals surface area (Å²) in [5.74, 6) is 0.521. The van der Waals surface area contributed by atoms with E-state index in [4.69, 9.17) is 4.98 Å². The molecule has 0 fully saturated rings. The maximum absolute atomic E-state index is 12.4. The molecule has 0 radical (unpaired) electrons. The number of carbonyl (C=O) groups excluding carboxylic acids is 1. The summed E-state index contributed by atoms with van der Waals surface area (Å²) in [5, 5.41) is 11.2. The van der Waals surface area contributed by atoms with Crippen molar-refractivity contribution in [1.29, 1.82) is 0 Å². The Balaban J connectivity index is 1.36. The lowest BCUT2D eigenvalue weighted by Crippen LogP contribution is -2.19. The zero-order chi connectivity index (χ0) is 26.3. The second-order valence-corrected chi connectivity index (χ2v) is 10.3. The van der Waals surface area contributed by atoms with Crippen LogP contribution in [0.5, 0.6) is 0 Å². The van der Waals surface area contributed by atoms with Crippen molar-refractivity contribution in [2.75, 3.05) is 5.32 Å². The van der Waals surface area contributed by atoms with Gasteiger partial charge < -0.3 is 10.3 Å². The average Bonchev–Trinajstić information content (AvgIpc) is 3.51. The van der Waals surface area contributed by atoms with E-state index in [9.17, 15) is 4.79 Å². The van der Waals surface area contributed by atoms with E-state index in [1.54, 1.807) is 31.0 Å². The van der Waals surface area contributed by atoms with Crippen molar-refractivity contribution >= 4 is 33.8 Å². The predicted molar refractivity (Wildman–Crippen MR) is 146 cm³/mol. The third-order valence-electron chi connectivity index (χ3n) is 6.01. The van der Waals surface area contributed by atoms with Gasteiger partial charge in [-0.2, -0.15) is 5.10 Å². The van der Waals surface area contributed by atoms with Crippen LogP contribution in [0.25, 0.3) is 56.1 Å². The van der Waals surface area contributed by atoms with Gasteiger partial charge in [0.1, 0.15) is 11.2 Å². The molecule has 10 heteroatoms. The minimum absolute atomic E-state index is 0.0503. The van der Waals surface area contributed by atoms with Crippen molar-refractivity contribution in [1.82, 2.24) is 40.1 Å².